The molecule has 1 saturated heterocycles. The summed E-state index contributed by atoms with van der Waals surface area (Å²) < 4.78 is 0.534. The van der Waals surface area contributed by atoms with Gasteiger partial charge in [-0.05, 0) is 5.56 Å². The van der Waals surface area contributed by atoms with Crippen LogP contribution in [0.4, 0.5) is 0 Å². The topological polar surface area (TPSA) is 32.7 Å². The number of rotatable bonds is 3. The van der Waals surface area contributed by atoms with Crippen molar-refractivity contribution < 1.29 is 4.79 Å². The van der Waals surface area contributed by atoms with Gasteiger partial charge in [0.1, 0.15) is 0 Å². The molecule has 3 nitrogen and oxygen atoms in total. The molecule has 1 heterocycles. The van der Waals surface area contributed by atoms with Gasteiger partial charge in [0.2, 0.25) is 0 Å². The first kappa shape index (κ1) is 12.3. The molecule has 0 saturated carbocycles. The minimum Gasteiger partial charge on any atom is -0.272 e. The maximum Gasteiger partial charge on any atom is 0.259 e. The molecule has 1 amide bonds. The van der Waals surface area contributed by atoms with Crippen molar-refractivity contribution in [3.8, 4) is 0 Å². The molecule has 88 valence electrons. The van der Waals surface area contributed by atoms with E-state index in [1.54, 1.807) is 6.21 Å². The number of carbonyl (C=O) groups excluding carboxylic acids is 1. The van der Waals surface area contributed by atoms with Crippen LogP contribution >= 0.6 is 24.0 Å². The zero-order chi connectivity index (χ0) is 12.3. The number of hydrogen-bond donors (Lipinski definition) is 0. The Bertz CT molecular complexity index is 443. The Labute approximate surface area is 110 Å². The van der Waals surface area contributed by atoms with E-state index in [2.05, 4.69) is 5.10 Å². The number of hydrogen-bond acceptors (Lipinski definition) is 4. The van der Waals surface area contributed by atoms with E-state index in [-0.39, 0.29) is 11.8 Å². The van der Waals surface area contributed by atoms with E-state index in [0.717, 1.165) is 0 Å². The van der Waals surface area contributed by atoms with E-state index in [1.165, 1.54) is 22.3 Å². The van der Waals surface area contributed by atoms with E-state index in [9.17, 15) is 4.79 Å². The fourth-order valence-corrected chi connectivity index (χ4v) is 2.43. The summed E-state index contributed by atoms with van der Waals surface area (Å²) in [6.07, 6.45) is 1.76. The summed E-state index contributed by atoms with van der Waals surface area (Å²) in [7, 11) is 0. The van der Waals surface area contributed by atoms with Crippen LogP contribution in [-0.4, -0.2) is 27.2 Å². The van der Waals surface area contributed by atoms with Gasteiger partial charge in [-0.2, -0.15) is 10.1 Å². The van der Waals surface area contributed by atoms with Crippen LogP contribution in [-0.2, 0) is 4.79 Å². The highest BCUT2D eigenvalue weighted by Crippen LogP contribution is 2.20. The van der Waals surface area contributed by atoms with Gasteiger partial charge < -0.3 is 0 Å². The summed E-state index contributed by atoms with van der Waals surface area (Å²) in [6.45, 7) is 2.04. The average Bonchev–Trinajstić information content (AvgIpc) is 2.67. The summed E-state index contributed by atoms with van der Waals surface area (Å²) in [5.74, 6) is 0.518. The van der Waals surface area contributed by atoms with Crippen molar-refractivity contribution >= 4 is 40.4 Å². The Morgan fingerprint density at radius 1 is 1.47 bits per heavy atom. The van der Waals surface area contributed by atoms with Crippen LogP contribution in [0.25, 0.3) is 0 Å². The van der Waals surface area contributed by atoms with Gasteiger partial charge in [-0.3, -0.25) is 4.79 Å². The number of amides is 1. The lowest BCUT2D eigenvalue weighted by atomic mass is 10.0. The van der Waals surface area contributed by atoms with Crippen LogP contribution in [0.1, 0.15) is 18.4 Å². The van der Waals surface area contributed by atoms with Gasteiger partial charge in [0.25, 0.3) is 5.91 Å². The van der Waals surface area contributed by atoms with E-state index < -0.39 is 0 Å². The number of benzene rings is 1. The zero-order valence-electron chi connectivity index (χ0n) is 9.37. The first-order valence-electron chi connectivity index (χ1n) is 5.27. The lowest BCUT2D eigenvalue weighted by molar-refractivity contribution is -0.124. The van der Waals surface area contributed by atoms with Crippen molar-refractivity contribution in [2.24, 2.45) is 5.10 Å². The van der Waals surface area contributed by atoms with Crippen molar-refractivity contribution in [3.63, 3.8) is 0 Å². The first-order chi connectivity index (χ1) is 8.18. The van der Waals surface area contributed by atoms with Gasteiger partial charge in [-0.15, -0.1) is 0 Å². The minimum atomic E-state index is -0.0449. The number of carbonyl (C=O) groups is 1. The third-order valence-electron chi connectivity index (χ3n) is 2.46. The first-order valence-corrected chi connectivity index (χ1v) is 6.66. The van der Waals surface area contributed by atoms with Gasteiger partial charge in [-0.25, -0.2) is 0 Å². The molecule has 0 bridgehead atoms. The number of hydrazone groups is 1. The lowest BCUT2D eigenvalue weighted by Gasteiger charge is -2.09. The quantitative estimate of drug-likeness (QED) is 0.621. The molecule has 1 aromatic rings. The highest BCUT2D eigenvalue weighted by atomic mass is 32.2. The Balaban J connectivity index is 2.06. The highest BCUT2D eigenvalue weighted by Gasteiger charge is 2.26. The number of thiocarbonyl (C=S) groups is 1. The predicted molar refractivity (Wildman–Crippen MR) is 75.3 cm³/mol. The maximum atomic E-state index is 11.4. The van der Waals surface area contributed by atoms with Crippen molar-refractivity contribution in [1.82, 2.24) is 5.01 Å². The van der Waals surface area contributed by atoms with E-state index in [4.69, 9.17) is 12.2 Å². The molecule has 0 radical (unpaired) electrons. The Morgan fingerprint density at radius 3 is 2.76 bits per heavy atom. The third-order valence-corrected chi connectivity index (χ3v) is 3.80. The molecule has 1 fully saturated rings. The molecule has 1 aromatic carbocycles. The molecular formula is C12H12N2OS2. The average molecular weight is 264 g/mol. The summed E-state index contributed by atoms with van der Waals surface area (Å²) in [6, 6.07) is 10.0. The molecule has 0 N–H and O–H groups in total. The summed E-state index contributed by atoms with van der Waals surface area (Å²) in [4.78, 5) is 11.4. The van der Waals surface area contributed by atoms with Crippen LogP contribution in [0, 0.1) is 0 Å². The maximum absolute atomic E-state index is 11.4. The minimum absolute atomic E-state index is 0.0449. The van der Waals surface area contributed by atoms with Crippen LogP contribution in [0.15, 0.2) is 35.4 Å². The van der Waals surface area contributed by atoms with Crippen LogP contribution in [0.5, 0.6) is 0 Å². The summed E-state index contributed by atoms with van der Waals surface area (Å²) in [5, 5.41) is 5.46. The Morgan fingerprint density at radius 2 is 2.18 bits per heavy atom. The van der Waals surface area contributed by atoms with Crippen LogP contribution < -0.4 is 0 Å². The largest absolute Gasteiger partial charge is 0.272 e. The van der Waals surface area contributed by atoms with Crippen molar-refractivity contribution in [2.45, 2.75) is 12.8 Å². The SMILES string of the molecule is CC(/C=N/N1C(=O)CSC1=S)c1ccccc1. The third kappa shape index (κ3) is 2.92. The fraction of sp³-hybridized carbons (Fsp3) is 0.250. The molecule has 1 aliphatic rings. The van der Waals surface area contributed by atoms with E-state index in [1.807, 2.05) is 37.3 Å². The standard InChI is InChI=1S/C12H12N2OS2/c1-9(10-5-3-2-4-6-10)7-13-14-11(15)8-17-12(14)16/h2-7,9H,8H2,1H3/b13-7+. The van der Waals surface area contributed by atoms with Crippen molar-refractivity contribution in [1.29, 1.82) is 0 Å². The lowest BCUT2D eigenvalue weighted by Crippen LogP contribution is -2.22. The molecule has 0 aromatic heterocycles. The van der Waals surface area contributed by atoms with Crippen LogP contribution in [0.3, 0.4) is 0 Å². The van der Waals surface area contributed by atoms with Gasteiger partial charge >= 0.3 is 0 Å². The molecule has 0 aliphatic carbocycles. The monoisotopic (exact) mass is 264 g/mol. The second kappa shape index (κ2) is 5.42. The molecule has 0 spiro atoms. The van der Waals surface area contributed by atoms with Gasteiger partial charge in [0.15, 0.2) is 4.32 Å². The number of thioether (sulfide) groups is 1. The summed E-state index contributed by atoms with van der Waals surface area (Å²) in [5.41, 5.74) is 1.17. The highest BCUT2D eigenvalue weighted by molar-refractivity contribution is 8.23. The van der Waals surface area contributed by atoms with Crippen LogP contribution in [0.2, 0.25) is 0 Å². The molecule has 1 aliphatic heterocycles. The second-order valence-electron chi connectivity index (χ2n) is 3.72. The molecule has 17 heavy (non-hydrogen) atoms. The predicted octanol–water partition coefficient (Wildman–Crippen LogP) is 2.64. The van der Waals surface area contributed by atoms with Gasteiger partial charge in [-0.1, -0.05) is 61.2 Å². The van der Waals surface area contributed by atoms with Gasteiger partial charge in [0, 0.05) is 12.1 Å². The Kier molecular flexibility index (Phi) is 3.91. The Hall–Kier alpha value is -1.20. The van der Waals surface area contributed by atoms with E-state index in [0.29, 0.717) is 10.1 Å². The summed E-state index contributed by atoms with van der Waals surface area (Å²) >= 11 is 6.40. The second-order valence-corrected chi connectivity index (χ2v) is 5.33. The zero-order valence-corrected chi connectivity index (χ0v) is 11.0. The van der Waals surface area contributed by atoms with Crippen molar-refractivity contribution in [2.75, 3.05) is 5.75 Å². The smallest absolute Gasteiger partial charge is 0.259 e. The molecular weight excluding hydrogens is 252 g/mol. The van der Waals surface area contributed by atoms with E-state index >= 15 is 0 Å². The molecule has 5 heteroatoms. The molecule has 1 unspecified atom stereocenters. The molecule has 2 rings (SSSR count). The fourth-order valence-electron chi connectivity index (χ4n) is 1.47. The normalized spacial score (nSPS) is 18.1. The number of nitrogens with zero attached hydrogens (tertiary/aromatic N) is 2. The molecule has 1 atom stereocenters. The van der Waals surface area contributed by atoms with Gasteiger partial charge in [0.05, 0.1) is 5.75 Å². The van der Waals surface area contributed by atoms with Crippen molar-refractivity contribution in [3.05, 3.63) is 35.9 Å².